The van der Waals surface area contributed by atoms with Crippen LogP contribution in [0.3, 0.4) is 0 Å². The van der Waals surface area contributed by atoms with Crippen molar-refractivity contribution < 1.29 is 4.79 Å². The van der Waals surface area contributed by atoms with E-state index in [1.54, 1.807) is 0 Å². The van der Waals surface area contributed by atoms with Crippen molar-refractivity contribution >= 4 is 6.08 Å². The lowest BCUT2D eigenvalue weighted by Crippen LogP contribution is -1.83. The Bertz CT molecular complexity index is 302. The summed E-state index contributed by atoms with van der Waals surface area (Å²) in [6.45, 7) is 0.401. The van der Waals surface area contributed by atoms with E-state index in [-0.39, 0.29) is 0 Å². The Morgan fingerprint density at radius 2 is 1.92 bits per heavy atom. The molecule has 0 N–H and O–H groups in total. The molecule has 0 saturated carbocycles. The van der Waals surface area contributed by atoms with Crippen molar-refractivity contribution in [2.75, 3.05) is 6.54 Å². The molecule has 1 aliphatic carbocycles. The molecule has 2 nitrogen and oxygen atoms in total. The maximum Gasteiger partial charge on any atom is 0.235 e. The van der Waals surface area contributed by atoms with Gasteiger partial charge in [0.05, 0.1) is 6.54 Å². The maximum absolute atomic E-state index is 9.83. The summed E-state index contributed by atoms with van der Waals surface area (Å²) < 4.78 is 0. The van der Waals surface area contributed by atoms with E-state index in [1.165, 1.54) is 6.08 Å². The Hall–Kier alpha value is -1.66. The number of rotatable bonds is 2. The molecule has 0 atom stereocenters. The molecule has 0 aromatic carbocycles. The van der Waals surface area contributed by atoms with Crippen LogP contribution in [0.2, 0.25) is 0 Å². The zero-order chi connectivity index (χ0) is 8.65. The third-order valence-electron chi connectivity index (χ3n) is 1.39. The Kier molecular flexibility index (Phi) is 3.55. The normalized spacial score (nSPS) is 14.5. The molecule has 1 aliphatic rings. The van der Waals surface area contributed by atoms with Crippen LogP contribution >= 0.6 is 0 Å². The van der Waals surface area contributed by atoms with Crippen LogP contribution in [0.1, 0.15) is 0 Å². The molecule has 0 spiro atoms. The van der Waals surface area contributed by atoms with E-state index < -0.39 is 0 Å². The Morgan fingerprint density at radius 1 is 1.17 bits per heavy atom. The largest absolute Gasteiger partial charge is 0.235 e. The first kappa shape index (κ1) is 8.44. The highest BCUT2D eigenvalue weighted by Gasteiger charge is 1.88. The molecule has 0 aromatic rings. The lowest BCUT2D eigenvalue weighted by atomic mass is 10.2. The van der Waals surface area contributed by atoms with Crippen molar-refractivity contribution in [3.05, 3.63) is 48.1 Å². The number of isocyanates is 1. The van der Waals surface area contributed by atoms with Gasteiger partial charge >= 0.3 is 0 Å². The number of hydrogen-bond donors (Lipinski definition) is 0. The first-order valence-corrected chi connectivity index (χ1v) is 3.67. The average Bonchev–Trinajstić information content (AvgIpc) is 2.02. The molecule has 0 bridgehead atoms. The van der Waals surface area contributed by atoms with Gasteiger partial charge in [0, 0.05) is 0 Å². The molecule has 0 aromatic heterocycles. The molecule has 1 rings (SSSR count). The average molecular weight is 159 g/mol. The quantitative estimate of drug-likeness (QED) is 0.447. The molecule has 0 heterocycles. The summed E-state index contributed by atoms with van der Waals surface area (Å²) in [6, 6.07) is 0. The van der Waals surface area contributed by atoms with Gasteiger partial charge in [-0.2, -0.15) is 0 Å². The topological polar surface area (TPSA) is 29.4 Å². The van der Waals surface area contributed by atoms with Crippen molar-refractivity contribution in [2.24, 2.45) is 4.99 Å². The molecule has 0 saturated heterocycles. The molecule has 0 radical (unpaired) electrons. The molecule has 0 aliphatic heterocycles. The van der Waals surface area contributed by atoms with Crippen LogP contribution in [0.15, 0.2) is 53.1 Å². The molecule has 0 fully saturated rings. The number of aliphatic imine (C=N–C) groups is 1. The number of nitrogens with zero attached hydrogens (tertiary/aromatic N) is 1. The smallest absolute Gasteiger partial charge is 0.211 e. The number of carbonyl (C=O) groups excluding carboxylic acids is 1. The molecular formula is C10H9NO. The lowest BCUT2D eigenvalue weighted by Gasteiger charge is -1.93. The second-order valence-corrected chi connectivity index (χ2v) is 2.28. The molecule has 60 valence electrons. The molecule has 2 heteroatoms. The van der Waals surface area contributed by atoms with E-state index in [0.29, 0.717) is 6.54 Å². The summed E-state index contributed by atoms with van der Waals surface area (Å²) in [6.07, 6.45) is 15.0. The standard InChI is InChI=1S/C10H9NO/c12-9-11-8-10-6-4-2-1-3-5-7-10/h1-7H,8H2. The van der Waals surface area contributed by atoms with Crippen LogP contribution in [0.25, 0.3) is 0 Å². The molecule has 12 heavy (non-hydrogen) atoms. The fraction of sp³-hybridized carbons (Fsp3) is 0.100. The van der Waals surface area contributed by atoms with Gasteiger partial charge < -0.3 is 0 Å². The summed E-state index contributed by atoms with van der Waals surface area (Å²) in [7, 11) is 0. The summed E-state index contributed by atoms with van der Waals surface area (Å²) in [5.74, 6) is 0. The van der Waals surface area contributed by atoms with E-state index in [9.17, 15) is 4.79 Å². The van der Waals surface area contributed by atoms with Gasteiger partial charge in [0.25, 0.3) is 0 Å². The van der Waals surface area contributed by atoms with Crippen molar-refractivity contribution in [1.82, 2.24) is 0 Å². The Morgan fingerprint density at radius 3 is 2.75 bits per heavy atom. The molecular weight excluding hydrogens is 150 g/mol. The van der Waals surface area contributed by atoms with Crippen LogP contribution < -0.4 is 0 Å². The predicted octanol–water partition coefficient (Wildman–Crippen LogP) is 1.93. The fourth-order valence-electron chi connectivity index (χ4n) is 0.835. The van der Waals surface area contributed by atoms with E-state index in [0.717, 1.165) is 5.57 Å². The maximum atomic E-state index is 9.83. The minimum Gasteiger partial charge on any atom is -0.211 e. The minimum atomic E-state index is 0.401. The molecule has 0 unspecified atom stereocenters. The van der Waals surface area contributed by atoms with Crippen LogP contribution in [-0.2, 0) is 4.79 Å². The first-order valence-electron chi connectivity index (χ1n) is 3.67. The zero-order valence-electron chi connectivity index (χ0n) is 6.60. The van der Waals surface area contributed by atoms with E-state index in [1.807, 2.05) is 42.5 Å². The second kappa shape index (κ2) is 5.05. The van der Waals surface area contributed by atoms with Crippen molar-refractivity contribution in [2.45, 2.75) is 0 Å². The summed E-state index contributed by atoms with van der Waals surface area (Å²) >= 11 is 0. The Balaban J connectivity index is 2.68. The van der Waals surface area contributed by atoms with Gasteiger partial charge in [0.15, 0.2) is 0 Å². The van der Waals surface area contributed by atoms with Gasteiger partial charge in [-0.05, 0) is 5.57 Å². The monoisotopic (exact) mass is 159 g/mol. The van der Waals surface area contributed by atoms with Gasteiger partial charge in [-0.3, -0.25) is 0 Å². The lowest BCUT2D eigenvalue weighted by molar-refractivity contribution is 0.563. The van der Waals surface area contributed by atoms with Crippen LogP contribution in [0.4, 0.5) is 0 Å². The zero-order valence-corrected chi connectivity index (χ0v) is 6.60. The predicted molar refractivity (Wildman–Crippen MR) is 48.5 cm³/mol. The fourth-order valence-corrected chi connectivity index (χ4v) is 0.835. The van der Waals surface area contributed by atoms with Gasteiger partial charge in [-0.15, -0.1) is 0 Å². The highest BCUT2D eigenvalue weighted by atomic mass is 16.1. The van der Waals surface area contributed by atoms with Crippen LogP contribution in [0.5, 0.6) is 0 Å². The van der Waals surface area contributed by atoms with Crippen LogP contribution in [-0.4, -0.2) is 12.6 Å². The summed E-state index contributed by atoms with van der Waals surface area (Å²) in [4.78, 5) is 13.3. The third kappa shape index (κ3) is 2.95. The van der Waals surface area contributed by atoms with Gasteiger partial charge in [-0.1, -0.05) is 42.5 Å². The highest BCUT2D eigenvalue weighted by molar-refractivity contribution is 5.37. The Labute approximate surface area is 71.3 Å². The van der Waals surface area contributed by atoms with Gasteiger partial charge in [-0.25, -0.2) is 9.79 Å². The van der Waals surface area contributed by atoms with E-state index in [2.05, 4.69) is 4.99 Å². The van der Waals surface area contributed by atoms with Crippen molar-refractivity contribution in [1.29, 1.82) is 0 Å². The van der Waals surface area contributed by atoms with Gasteiger partial charge in [0.2, 0.25) is 6.08 Å². The minimum absolute atomic E-state index is 0.401. The number of allylic oxidation sites excluding steroid dienone is 6. The first-order chi connectivity index (χ1) is 5.93. The van der Waals surface area contributed by atoms with E-state index in [4.69, 9.17) is 0 Å². The van der Waals surface area contributed by atoms with Gasteiger partial charge in [0.1, 0.15) is 0 Å². The SMILES string of the molecule is O=C=NCC1=CC=CC=CC=C1. The number of hydrogen-bond acceptors (Lipinski definition) is 2. The summed E-state index contributed by atoms with van der Waals surface area (Å²) in [5.41, 5.74) is 0.999. The third-order valence-corrected chi connectivity index (χ3v) is 1.39. The van der Waals surface area contributed by atoms with E-state index >= 15 is 0 Å². The highest BCUT2D eigenvalue weighted by Crippen LogP contribution is 2.01. The molecule has 0 amide bonds. The second-order valence-electron chi connectivity index (χ2n) is 2.28. The summed E-state index contributed by atoms with van der Waals surface area (Å²) in [5, 5.41) is 0. The van der Waals surface area contributed by atoms with Crippen molar-refractivity contribution in [3.8, 4) is 0 Å². The van der Waals surface area contributed by atoms with Crippen molar-refractivity contribution in [3.63, 3.8) is 0 Å². The van der Waals surface area contributed by atoms with Crippen LogP contribution in [0, 0.1) is 0 Å².